The van der Waals surface area contributed by atoms with Crippen LogP contribution in [0.2, 0.25) is 0 Å². The quantitative estimate of drug-likeness (QED) is 0.776. The van der Waals surface area contributed by atoms with Crippen LogP contribution in [0.4, 0.5) is 5.13 Å². The highest BCUT2D eigenvalue weighted by molar-refractivity contribution is 7.89. The van der Waals surface area contributed by atoms with Gasteiger partial charge in [-0.25, -0.2) is 23.3 Å². The molecule has 116 valence electrons. The number of amides is 1. The van der Waals surface area contributed by atoms with Crippen LogP contribution in [0, 0.1) is 6.92 Å². The average molecular weight is 333 g/mol. The molecule has 10 heteroatoms. The number of nitrogens with two attached hydrogens (primary N) is 1. The Bertz CT molecular complexity index is 682. The van der Waals surface area contributed by atoms with Gasteiger partial charge in [0.25, 0.3) is 0 Å². The Balaban J connectivity index is 2.26. The third kappa shape index (κ3) is 3.22. The van der Waals surface area contributed by atoms with Gasteiger partial charge < -0.3 is 4.74 Å². The van der Waals surface area contributed by atoms with E-state index < -0.39 is 21.2 Å². The molecule has 1 unspecified atom stereocenters. The van der Waals surface area contributed by atoms with Crippen molar-refractivity contribution in [2.75, 3.05) is 18.1 Å². The van der Waals surface area contributed by atoms with Crippen LogP contribution in [-0.2, 0) is 19.6 Å². The highest BCUT2D eigenvalue weighted by Crippen LogP contribution is 2.31. The lowest BCUT2D eigenvalue weighted by molar-refractivity contribution is -0.117. The van der Waals surface area contributed by atoms with E-state index in [9.17, 15) is 18.0 Å². The maximum Gasteiger partial charge on any atom is 0.350 e. The van der Waals surface area contributed by atoms with Crippen LogP contribution < -0.4 is 10.0 Å². The first kappa shape index (κ1) is 15.9. The number of ether oxygens (including phenoxy) is 1. The van der Waals surface area contributed by atoms with Crippen LogP contribution in [0.3, 0.4) is 0 Å². The first-order chi connectivity index (χ1) is 9.74. The van der Waals surface area contributed by atoms with Gasteiger partial charge in [0.05, 0.1) is 12.3 Å². The molecule has 1 aliphatic heterocycles. The van der Waals surface area contributed by atoms with Gasteiger partial charge in [-0.3, -0.25) is 9.69 Å². The summed E-state index contributed by atoms with van der Waals surface area (Å²) in [4.78, 5) is 29.3. The number of carbonyl (C=O) groups excluding carboxylic acids is 2. The molecule has 0 radical (unpaired) electrons. The second-order valence-corrected chi connectivity index (χ2v) is 7.37. The normalized spacial score (nSPS) is 19.1. The molecule has 1 aliphatic rings. The minimum atomic E-state index is -3.78. The topological polar surface area (TPSA) is 120 Å². The van der Waals surface area contributed by atoms with Crippen molar-refractivity contribution < 1.29 is 22.7 Å². The Morgan fingerprint density at radius 3 is 2.76 bits per heavy atom. The fourth-order valence-corrected chi connectivity index (χ4v) is 3.68. The molecule has 21 heavy (non-hydrogen) atoms. The number of rotatable bonds is 4. The van der Waals surface area contributed by atoms with E-state index in [0.717, 1.165) is 11.3 Å². The van der Waals surface area contributed by atoms with Crippen molar-refractivity contribution in [1.29, 1.82) is 0 Å². The third-order valence-electron chi connectivity index (χ3n) is 3.03. The molecule has 8 nitrogen and oxygen atoms in total. The number of aryl methyl sites for hydroxylation is 1. The van der Waals surface area contributed by atoms with Crippen molar-refractivity contribution in [3.63, 3.8) is 0 Å². The summed E-state index contributed by atoms with van der Waals surface area (Å²) >= 11 is 1.01. The molecule has 1 atom stereocenters. The average Bonchev–Trinajstić information content (AvgIpc) is 2.92. The number of nitrogens with zero attached hydrogens (tertiary/aromatic N) is 2. The smallest absolute Gasteiger partial charge is 0.350 e. The van der Waals surface area contributed by atoms with Crippen molar-refractivity contribution in [1.82, 2.24) is 4.98 Å². The van der Waals surface area contributed by atoms with E-state index in [-0.39, 0.29) is 30.6 Å². The van der Waals surface area contributed by atoms with E-state index in [1.807, 2.05) is 0 Å². The molecule has 2 heterocycles. The largest absolute Gasteiger partial charge is 0.462 e. The van der Waals surface area contributed by atoms with Gasteiger partial charge in [0.15, 0.2) is 5.13 Å². The molecule has 1 aromatic rings. The van der Waals surface area contributed by atoms with Crippen LogP contribution in [-0.4, -0.2) is 43.7 Å². The highest BCUT2D eigenvalue weighted by atomic mass is 32.2. The summed E-state index contributed by atoms with van der Waals surface area (Å²) in [5, 5.41) is 4.41. The fraction of sp³-hybridized carbons (Fsp3) is 0.545. The van der Waals surface area contributed by atoms with E-state index in [0.29, 0.717) is 10.6 Å². The number of primary sulfonamides is 1. The van der Waals surface area contributed by atoms with Gasteiger partial charge in [-0.2, -0.15) is 0 Å². The molecule has 0 aliphatic carbocycles. The second-order valence-electron chi connectivity index (χ2n) is 4.55. The van der Waals surface area contributed by atoms with E-state index in [4.69, 9.17) is 9.88 Å². The van der Waals surface area contributed by atoms with Crippen molar-refractivity contribution in [3.05, 3.63) is 10.6 Å². The zero-order chi connectivity index (χ0) is 15.8. The summed E-state index contributed by atoms with van der Waals surface area (Å²) in [5.41, 5.74) is 0.445. The van der Waals surface area contributed by atoms with Crippen molar-refractivity contribution in [3.8, 4) is 0 Å². The number of hydrogen-bond donors (Lipinski definition) is 1. The van der Waals surface area contributed by atoms with Crippen molar-refractivity contribution >= 4 is 38.4 Å². The first-order valence-electron chi connectivity index (χ1n) is 6.20. The van der Waals surface area contributed by atoms with Crippen molar-refractivity contribution in [2.45, 2.75) is 25.5 Å². The Hall–Kier alpha value is -1.52. The van der Waals surface area contributed by atoms with Gasteiger partial charge in [0.2, 0.25) is 15.9 Å². The summed E-state index contributed by atoms with van der Waals surface area (Å²) < 4.78 is 27.6. The molecule has 1 fully saturated rings. The molecule has 0 saturated carbocycles. The minimum absolute atomic E-state index is 0.0487. The van der Waals surface area contributed by atoms with Crippen LogP contribution >= 0.6 is 11.3 Å². The standard InChI is InChI=1S/C11H15N3O5S2/c1-3-19-10(16)9-6(2)13-11(20-9)14-5-7(4-8(14)15)21(12,17)18/h7H,3-5H2,1-2H3,(H2,12,17,18). The molecule has 1 amide bonds. The summed E-state index contributed by atoms with van der Waals surface area (Å²) in [7, 11) is -3.78. The first-order valence-corrected chi connectivity index (χ1v) is 8.63. The van der Waals surface area contributed by atoms with Crippen LogP contribution in [0.15, 0.2) is 0 Å². The molecular weight excluding hydrogens is 318 g/mol. The monoisotopic (exact) mass is 333 g/mol. The number of aromatic nitrogens is 1. The van der Waals surface area contributed by atoms with E-state index in [1.165, 1.54) is 4.90 Å². The fourth-order valence-electron chi connectivity index (χ4n) is 1.96. The Morgan fingerprint density at radius 1 is 1.57 bits per heavy atom. The Morgan fingerprint density at radius 2 is 2.24 bits per heavy atom. The highest BCUT2D eigenvalue weighted by Gasteiger charge is 2.38. The van der Waals surface area contributed by atoms with Gasteiger partial charge in [0.1, 0.15) is 10.1 Å². The zero-order valence-electron chi connectivity index (χ0n) is 11.5. The number of thiazole rings is 1. The molecule has 1 aromatic heterocycles. The molecule has 0 spiro atoms. The van der Waals surface area contributed by atoms with E-state index >= 15 is 0 Å². The molecule has 0 bridgehead atoms. The van der Waals surface area contributed by atoms with Crippen molar-refractivity contribution in [2.24, 2.45) is 5.14 Å². The lowest BCUT2D eigenvalue weighted by atomic mass is 10.4. The molecule has 1 saturated heterocycles. The predicted octanol–water partition coefficient (Wildman–Crippen LogP) is 0.0220. The van der Waals surface area contributed by atoms with Gasteiger partial charge >= 0.3 is 5.97 Å². The number of sulfonamides is 1. The van der Waals surface area contributed by atoms with Gasteiger partial charge in [0, 0.05) is 13.0 Å². The predicted molar refractivity (Wildman–Crippen MR) is 76.7 cm³/mol. The summed E-state index contributed by atoms with van der Waals surface area (Å²) in [6.45, 7) is 3.51. The molecular formula is C11H15N3O5S2. The van der Waals surface area contributed by atoms with E-state index in [1.54, 1.807) is 13.8 Å². The lowest BCUT2D eigenvalue weighted by Gasteiger charge is -2.11. The number of esters is 1. The van der Waals surface area contributed by atoms with Crippen LogP contribution in [0.1, 0.15) is 28.7 Å². The Kier molecular flexibility index (Phi) is 4.30. The SMILES string of the molecule is CCOC(=O)c1sc(N2CC(S(N)(=O)=O)CC2=O)nc1C. The number of hydrogen-bond acceptors (Lipinski definition) is 7. The van der Waals surface area contributed by atoms with Gasteiger partial charge in [-0.1, -0.05) is 11.3 Å². The van der Waals surface area contributed by atoms with Gasteiger partial charge in [-0.05, 0) is 13.8 Å². The maximum absolute atomic E-state index is 11.9. The number of anilines is 1. The maximum atomic E-state index is 11.9. The second kappa shape index (κ2) is 5.70. The minimum Gasteiger partial charge on any atom is -0.462 e. The van der Waals surface area contributed by atoms with Crippen LogP contribution in [0.25, 0.3) is 0 Å². The van der Waals surface area contributed by atoms with E-state index in [2.05, 4.69) is 4.98 Å². The molecule has 2 N–H and O–H groups in total. The summed E-state index contributed by atoms with van der Waals surface area (Å²) in [5.74, 6) is -0.883. The van der Waals surface area contributed by atoms with Gasteiger partial charge in [-0.15, -0.1) is 0 Å². The summed E-state index contributed by atoms with van der Waals surface area (Å²) in [6.07, 6.45) is -0.174. The lowest BCUT2D eigenvalue weighted by Crippen LogP contribution is -2.32. The molecule has 2 rings (SSSR count). The summed E-state index contributed by atoms with van der Waals surface area (Å²) in [6, 6.07) is 0. The number of carbonyl (C=O) groups is 2. The van der Waals surface area contributed by atoms with Crippen LogP contribution in [0.5, 0.6) is 0 Å². The Labute approximate surface area is 126 Å². The molecule has 0 aromatic carbocycles. The zero-order valence-corrected chi connectivity index (χ0v) is 13.2. The third-order valence-corrected chi connectivity index (χ3v) is 5.44.